The van der Waals surface area contributed by atoms with Crippen LogP contribution in [0.5, 0.6) is 11.5 Å². The van der Waals surface area contributed by atoms with Crippen LogP contribution in [0, 0.1) is 17.0 Å². The summed E-state index contributed by atoms with van der Waals surface area (Å²) in [6.07, 6.45) is 1.37. The first-order chi connectivity index (χ1) is 13.0. The second kappa shape index (κ2) is 9.56. The molecule has 2 aromatic rings. The number of ether oxygens (including phenoxy) is 2. The Hall–Kier alpha value is -3.10. The number of carbonyl (C=O) groups excluding carboxylic acids is 1. The molecule has 1 N–H and O–H groups in total. The van der Waals surface area contributed by atoms with Gasteiger partial charge >= 0.3 is 5.69 Å². The molecule has 9 nitrogen and oxygen atoms in total. The van der Waals surface area contributed by atoms with E-state index in [9.17, 15) is 14.9 Å². The molecular formula is C18H24N4O5. The first-order valence-electron chi connectivity index (χ1n) is 8.78. The molecule has 1 aromatic heterocycles. The van der Waals surface area contributed by atoms with Gasteiger partial charge in [-0.05, 0) is 38.5 Å². The third kappa shape index (κ3) is 5.44. The quantitative estimate of drug-likeness (QED) is 0.504. The summed E-state index contributed by atoms with van der Waals surface area (Å²) in [6.45, 7) is 7.10. The summed E-state index contributed by atoms with van der Waals surface area (Å²) >= 11 is 0. The van der Waals surface area contributed by atoms with Crippen molar-refractivity contribution >= 4 is 11.6 Å². The second-order valence-corrected chi connectivity index (χ2v) is 5.77. The number of nitrogens with one attached hydrogen (secondary N) is 1. The molecule has 0 aliphatic carbocycles. The molecule has 1 amide bonds. The standard InChI is InChI=1S/C18H24N4O5/c1-4-26-16-7-6-14(10-17(16)27-5-2)11-19-18(23)8-9-21-13(3)15(12-20-21)22(24)25/h6-7,10,12H,4-5,8-9,11H2,1-3H3,(H,19,23). The maximum Gasteiger partial charge on any atom is 0.309 e. The Kier molecular flexibility index (Phi) is 7.16. The first kappa shape index (κ1) is 20.2. The molecule has 0 aliphatic heterocycles. The number of nitrogens with zero attached hydrogens (tertiary/aromatic N) is 3. The van der Waals surface area contributed by atoms with Crippen molar-refractivity contribution in [1.82, 2.24) is 15.1 Å². The van der Waals surface area contributed by atoms with Crippen LogP contribution in [0.2, 0.25) is 0 Å². The number of rotatable bonds is 10. The Morgan fingerprint density at radius 1 is 1.26 bits per heavy atom. The van der Waals surface area contributed by atoms with Crippen LogP contribution in [-0.2, 0) is 17.9 Å². The molecule has 0 spiro atoms. The van der Waals surface area contributed by atoms with Crippen LogP contribution in [0.3, 0.4) is 0 Å². The molecule has 0 unspecified atom stereocenters. The minimum atomic E-state index is -0.485. The van der Waals surface area contributed by atoms with Gasteiger partial charge in [0, 0.05) is 13.0 Å². The first-order valence-corrected chi connectivity index (χ1v) is 8.78. The van der Waals surface area contributed by atoms with Crippen molar-refractivity contribution in [3.63, 3.8) is 0 Å². The van der Waals surface area contributed by atoms with Crippen molar-refractivity contribution in [1.29, 1.82) is 0 Å². The van der Waals surface area contributed by atoms with Crippen LogP contribution in [0.1, 0.15) is 31.5 Å². The summed E-state index contributed by atoms with van der Waals surface area (Å²) in [6, 6.07) is 5.53. The number of aromatic nitrogens is 2. The van der Waals surface area contributed by atoms with Gasteiger partial charge in [-0.25, -0.2) is 0 Å². The third-order valence-electron chi connectivity index (χ3n) is 3.92. The van der Waals surface area contributed by atoms with Gasteiger partial charge in [-0.1, -0.05) is 6.07 Å². The molecule has 2 rings (SSSR count). The summed E-state index contributed by atoms with van der Waals surface area (Å²) in [7, 11) is 0. The van der Waals surface area contributed by atoms with Crippen LogP contribution < -0.4 is 14.8 Å². The SMILES string of the molecule is CCOc1ccc(CNC(=O)CCn2ncc([N+](=O)[O-])c2C)cc1OCC. The minimum Gasteiger partial charge on any atom is -0.490 e. The van der Waals surface area contributed by atoms with Crippen molar-refractivity contribution in [3.05, 3.63) is 45.8 Å². The van der Waals surface area contributed by atoms with Crippen molar-refractivity contribution in [2.45, 2.75) is 40.3 Å². The van der Waals surface area contributed by atoms with E-state index in [4.69, 9.17) is 9.47 Å². The van der Waals surface area contributed by atoms with Gasteiger partial charge in [0.2, 0.25) is 5.91 Å². The van der Waals surface area contributed by atoms with Crippen molar-refractivity contribution in [2.75, 3.05) is 13.2 Å². The van der Waals surface area contributed by atoms with E-state index in [0.717, 1.165) is 5.56 Å². The largest absolute Gasteiger partial charge is 0.490 e. The topological polar surface area (TPSA) is 109 Å². The lowest BCUT2D eigenvalue weighted by Gasteiger charge is -2.13. The summed E-state index contributed by atoms with van der Waals surface area (Å²) in [5.41, 5.74) is 1.27. The third-order valence-corrected chi connectivity index (χ3v) is 3.92. The maximum atomic E-state index is 12.1. The number of hydrogen-bond donors (Lipinski definition) is 1. The lowest BCUT2D eigenvalue weighted by Crippen LogP contribution is -2.24. The van der Waals surface area contributed by atoms with Crippen molar-refractivity contribution in [2.24, 2.45) is 0 Å². The van der Waals surface area contributed by atoms with E-state index in [1.54, 1.807) is 6.92 Å². The summed E-state index contributed by atoms with van der Waals surface area (Å²) < 4.78 is 12.6. The highest BCUT2D eigenvalue weighted by Gasteiger charge is 2.16. The Labute approximate surface area is 157 Å². The lowest BCUT2D eigenvalue weighted by atomic mass is 10.2. The molecule has 1 heterocycles. The normalized spacial score (nSPS) is 10.5. The number of carbonyl (C=O) groups is 1. The van der Waals surface area contributed by atoms with Gasteiger partial charge in [0.05, 0.1) is 24.7 Å². The zero-order chi connectivity index (χ0) is 19.8. The highest BCUT2D eigenvalue weighted by molar-refractivity contribution is 5.75. The molecule has 0 radical (unpaired) electrons. The Morgan fingerprint density at radius 3 is 2.59 bits per heavy atom. The van der Waals surface area contributed by atoms with Crippen molar-refractivity contribution in [3.8, 4) is 11.5 Å². The lowest BCUT2D eigenvalue weighted by molar-refractivity contribution is -0.385. The molecule has 0 bridgehead atoms. The molecule has 146 valence electrons. The summed E-state index contributed by atoms with van der Waals surface area (Å²) in [5.74, 6) is 1.15. The van der Waals surface area contributed by atoms with Crippen LogP contribution >= 0.6 is 0 Å². The Balaban J connectivity index is 1.90. The monoisotopic (exact) mass is 376 g/mol. The predicted octanol–water partition coefficient (Wildman–Crippen LogP) is 2.60. The van der Waals surface area contributed by atoms with Crippen LogP contribution in [0.4, 0.5) is 5.69 Å². The van der Waals surface area contributed by atoms with E-state index in [2.05, 4.69) is 10.4 Å². The fourth-order valence-electron chi connectivity index (χ4n) is 2.54. The number of nitro groups is 1. The molecule has 0 aliphatic rings. The van der Waals surface area contributed by atoms with Gasteiger partial charge in [0.15, 0.2) is 11.5 Å². The molecule has 0 atom stereocenters. The zero-order valence-electron chi connectivity index (χ0n) is 15.7. The van der Waals surface area contributed by atoms with Gasteiger partial charge in [-0.15, -0.1) is 0 Å². The zero-order valence-corrected chi connectivity index (χ0v) is 15.7. The highest BCUT2D eigenvalue weighted by Crippen LogP contribution is 2.28. The van der Waals surface area contributed by atoms with E-state index >= 15 is 0 Å². The van der Waals surface area contributed by atoms with E-state index in [1.807, 2.05) is 32.0 Å². The number of amides is 1. The average Bonchev–Trinajstić information content (AvgIpc) is 3.01. The van der Waals surface area contributed by atoms with Crippen LogP contribution in [0.25, 0.3) is 0 Å². The van der Waals surface area contributed by atoms with E-state index < -0.39 is 4.92 Å². The van der Waals surface area contributed by atoms with Gasteiger partial charge in [0.1, 0.15) is 11.9 Å². The molecule has 0 saturated heterocycles. The summed E-state index contributed by atoms with van der Waals surface area (Å²) in [5, 5.41) is 17.6. The molecule has 1 aromatic carbocycles. The molecule has 27 heavy (non-hydrogen) atoms. The number of aryl methyl sites for hydroxylation is 1. The Morgan fingerprint density at radius 2 is 1.96 bits per heavy atom. The van der Waals surface area contributed by atoms with E-state index in [0.29, 0.717) is 37.0 Å². The van der Waals surface area contributed by atoms with Gasteiger partial charge in [-0.3, -0.25) is 19.6 Å². The second-order valence-electron chi connectivity index (χ2n) is 5.77. The van der Waals surface area contributed by atoms with Crippen molar-refractivity contribution < 1.29 is 19.2 Å². The maximum absolute atomic E-state index is 12.1. The molecule has 0 saturated carbocycles. The smallest absolute Gasteiger partial charge is 0.309 e. The molecular weight excluding hydrogens is 352 g/mol. The van der Waals surface area contributed by atoms with Gasteiger partial charge < -0.3 is 14.8 Å². The number of benzene rings is 1. The highest BCUT2D eigenvalue weighted by atomic mass is 16.6. The minimum absolute atomic E-state index is 0.0479. The predicted molar refractivity (Wildman–Crippen MR) is 98.9 cm³/mol. The van der Waals surface area contributed by atoms with Gasteiger partial charge in [-0.2, -0.15) is 5.10 Å². The number of hydrogen-bond acceptors (Lipinski definition) is 6. The van der Waals surface area contributed by atoms with Crippen LogP contribution in [-0.4, -0.2) is 33.8 Å². The fourth-order valence-corrected chi connectivity index (χ4v) is 2.54. The average molecular weight is 376 g/mol. The fraction of sp³-hybridized carbons (Fsp3) is 0.444. The van der Waals surface area contributed by atoms with Gasteiger partial charge in [0.25, 0.3) is 0 Å². The Bertz CT molecular complexity index is 803. The molecule has 9 heteroatoms. The van der Waals surface area contributed by atoms with E-state index in [-0.39, 0.29) is 24.6 Å². The van der Waals surface area contributed by atoms with Crippen LogP contribution in [0.15, 0.2) is 24.4 Å². The molecule has 0 fully saturated rings. The van der Waals surface area contributed by atoms with E-state index in [1.165, 1.54) is 10.9 Å². The summed E-state index contributed by atoms with van der Waals surface area (Å²) in [4.78, 5) is 22.4.